The summed E-state index contributed by atoms with van der Waals surface area (Å²) >= 11 is 0.693. The summed E-state index contributed by atoms with van der Waals surface area (Å²) in [5, 5.41) is 13.7. The van der Waals surface area contributed by atoms with Crippen LogP contribution in [0.1, 0.15) is 5.56 Å². The second kappa shape index (κ2) is 9.84. The highest BCUT2D eigenvalue weighted by molar-refractivity contribution is 8.18. The van der Waals surface area contributed by atoms with E-state index < -0.39 is 28.5 Å². The maximum absolute atomic E-state index is 12.7. The van der Waals surface area contributed by atoms with Crippen molar-refractivity contribution in [3.8, 4) is 0 Å². The first kappa shape index (κ1) is 22.5. The van der Waals surface area contributed by atoms with Crippen molar-refractivity contribution in [2.45, 2.75) is 0 Å². The first-order valence-corrected chi connectivity index (χ1v) is 11.0. The molecule has 2 fully saturated rings. The largest absolute Gasteiger partial charge is 0.378 e. The van der Waals surface area contributed by atoms with E-state index in [9.17, 15) is 24.5 Å². The predicted octanol–water partition coefficient (Wildman–Crippen LogP) is 3.11. The van der Waals surface area contributed by atoms with Crippen LogP contribution >= 0.6 is 11.8 Å². The minimum atomic E-state index is -0.617. The first-order valence-electron chi connectivity index (χ1n) is 10.1. The van der Waals surface area contributed by atoms with Crippen molar-refractivity contribution in [3.05, 3.63) is 69.1 Å². The van der Waals surface area contributed by atoms with Gasteiger partial charge in [0.2, 0.25) is 5.91 Å². The molecule has 0 unspecified atom stereocenters. The zero-order valence-corrected chi connectivity index (χ0v) is 18.2. The molecular formula is C22H20N4O6S. The van der Waals surface area contributed by atoms with Gasteiger partial charge in [-0.05, 0) is 41.6 Å². The van der Waals surface area contributed by atoms with Crippen LogP contribution in [0.15, 0.2) is 53.4 Å². The van der Waals surface area contributed by atoms with Crippen LogP contribution in [0.5, 0.6) is 0 Å². The fourth-order valence-electron chi connectivity index (χ4n) is 3.50. The quantitative estimate of drug-likeness (QED) is 0.390. The van der Waals surface area contributed by atoms with Crippen LogP contribution < -0.4 is 10.2 Å². The molecule has 11 heteroatoms. The molecule has 0 aliphatic carbocycles. The molecule has 2 aliphatic heterocycles. The molecule has 2 aromatic rings. The molecule has 2 aliphatic rings. The molecule has 2 heterocycles. The number of carbonyl (C=O) groups excluding carboxylic acids is 3. The fraction of sp³-hybridized carbons (Fsp3) is 0.227. The van der Waals surface area contributed by atoms with Gasteiger partial charge in [0.25, 0.3) is 16.8 Å². The highest BCUT2D eigenvalue weighted by atomic mass is 32.2. The summed E-state index contributed by atoms with van der Waals surface area (Å²) in [5.74, 6) is -1.12. The second-order valence-electron chi connectivity index (χ2n) is 7.29. The molecule has 10 nitrogen and oxygen atoms in total. The number of para-hydroxylation sites is 1. The van der Waals surface area contributed by atoms with Gasteiger partial charge in [-0.2, -0.15) is 0 Å². The topological polar surface area (TPSA) is 122 Å². The molecule has 1 N–H and O–H groups in total. The van der Waals surface area contributed by atoms with E-state index in [0.29, 0.717) is 55.0 Å². The standard InChI is InChI=1S/C22H20N4O6S/c27-20(23-16-4-2-1-3-5-16)14-25-21(28)19(33-22(25)29)13-15-6-7-17(18(12-15)26(30)31)24-8-10-32-11-9-24/h1-7,12-13H,8-11,14H2,(H,23,27)/b19-13-. The van der Waals surface area contributed by atoms with Gasteiger partial charge in [-0.1, -0.05) is 24.3 Å². The average Bonchev–Trinajstić information content (AvgIpc) is 3.07. The van der Waals surface area contributed by atoms with E-state index in [1.807, 2.05) is 4.90 Å². The van der Waals surface area contributed by atoms with Gasteiger partial charge in [-0.25, -0.2) is 0 Å². The molecule has 2 aromatic carbocycles. The molecule has 3 amide bonds. The van der Waals surface area contributed by atoms with Gasteiger partial charge in [0.15, 0.2) is 0 Å². The van der Waals surface area contributed by atoms with E-state index in [2.05, 4.69) is 5.32 Å². The Morgan fingerprint density at radius 1 is 1.15 bits per heavy atom. The molecular weight excluding hydrogens is 448 g/mol. The second-order valence-corrected chi connectivity index (χ2v) is 8.28. The molecule has 0 bridgehead atoms. The Balaban J connectivity index is 1.50. The number of hydrogen-bond donors (Lipinski definition) is 1. The lowest BCUT2D eigenvalue weighted by Crippen LogP contribution is -2.36. The number of nitrogens with zero attached hydrogens (tertiary/aromatic N) is 3. The van der Waals surface area contributed by atoms with E-state index in [-0.39, 0.29) is 10.6 Å². The van der Waals surface area contributed by atoms with Crippen LogP contribution in [0, 0.1) is 10.1 Å². The van der Waals surface area contributed by atoms with Crippen LogP contribution in [-0.2, 0) is 14.3 Å². The number of carbonyl (C=O) groups is 3. The number of thioether (sulfide) groups is 1. The van der Waals surface area contributed by atoms with Gasteiger partial charge < -0.3 is 15.0 Å². The lowest BCUT2D eigenvalue weighted by molar-refractivity contribution is -0.384. The number of nitrogens with one attached hydrogen (secondary N) is 1. The number of anilines is 2. The number of amides is 3. The van der Waals surface area contributed by atoms with Crippen LogP contribution in [0.3, 0.4) is 0 Å². The van der Waals surface area contributed by atoms with Gasteiger partial charge in [-0.3, -0.25) is 29.4 Å². The van der Waals surface area contributed by atoms with E-state index >= 15 is 0 Å². The maximum Gasteiger partial charge on any atom is 0.294 e. The van der Waals surface area contributed by atoms with Gasteiger partial charge in [0.1, 0.15) is 12.2 Å². The SMILES string of the molecule is O=C(CN1C(=O)S/C(=C\c2ccc(N3CCOCC3)c([N+](=O)[O-])c2)C1=O)Nc1ccccc1. The lowest BCUT2D eigenvalue weighted by atomic mass is 10.1. The molecule has 2 saturated heterocycles. The molecule has 0 atom stereocenters. The number of hydrogen-bond acceptors (Lipinski definition) is 8. The third-order valence-corrected chi connectivity index (χ3v) is 5.99. The molecule has 33 heavy (non-hydrogen) atoms. The van der Waals surface area contributed by atoms with Crippen LogP contribution in [-0.4, -0.2) is 59.7 Å². The minimum absolute atomic E-state index is 0.0906. The summed E-state index contributed by atoms with van der Waals surface area (Å²) in [7, 11) is 0. The molecule has 0 aromatic heterocycles. The Kier molecular flexibility index (Phi) is 6.71. The fourth-order valence-corrected chi connectivity index (χ4v) is 4.34. The van der Waals surface area contributed by atoms with Crippen molar-refractivity contribution in [3.63, 3.8) is 0 Å². The Hall–Kier alpha value is -3.70. The monoisotopic (exact) mass is 468 g/mol. The minimum Gasteiger partial charge on any atom is -0.378 e. The van der Waals surface area contributed by atoms with Crippen molar-refractivity contribution < 1.29 is 24.0 Å². The van der Waals surface area contributed by atoms with Crippen LogP contribution in [0.4, 0.5) is 21.9 Å². The summed E-state index contributed by atoms with van der Waals surface area (Å²) < 4.78 is 5.30. The Morgan fingerprint density at radius 2 is 1.88 bits per heavy atom. The van der Waals surface area contributed by atoms with Crippen molar-refractivity contribution in [1.29, 1.82) is 0 Å². The number of benzene rings is 2. The molecule has 4 rings (SSSR count). The van der Waals surface area contributed by atoms with Crippen molar-refractivity contribution in [2.75, 3.05) is 43.1 Å². The number of morpholine rings is 1. The first-order chi connectivity index (χ1) is 15.9. The number of nitro groups is 1. The smallest absolute Gasteiger partial charge is 0.294 e. The Bertz CT molecular complexity index is 1130. The zero-order chi connectivity index (χ0) is 23.4. The van der Waals surface area contributed by atoms with Crippen molar-refractivity contribution in [2.24, 2.45) is 0 Å². The highest BCUT2D eigenvalue weighted by Crippen LogP contribution is 2.35. The molecule has 0 spiro atoms. The van der Waals surface area contributed by atoms with Crippen LogP contribution in [0.2, 0.25) is 0 Å². The third kappa shape index (κ3) is 5.21. The summed E-state index contributed by atoms with van der Waals surface area (Å²) in [6.45, 7) is 1.65. The van der Waals surface area contributed by atoms with Gasteiger partial charge in [0.05, 0.1) is 23.0 Å². The summed E-state index contributed by atoms with van der Waals surface area (Å²) in [6.07, 6.45) is 1.43. The maximum atomic E-state index is 12.7. The summed E-state index contributed by atoms with van der Waals surface area (Å²) in [6, 6.07) is 13.4. The summed E-state index contributed by atoms with van der Waals surface area (Å²) in [4.78, 5) is 51.3. The number of imide groups is 1. The van der Waals surface area contributed by atoms with Crippen LogP contribution in [0.25, 0.3) is 6.08 Å². The number of ether oxygens (including phenoxy) is 1. The van der Waals surface area contributed by atoms with E-state index in [4.69, 9.17) is 4.74 Å². The van der Waals surface area contributed by atoms with Crippen molar-refractivity contribution >= 4 is 52.0 Å². The van der Waals surface area contributed by atoms with Gasteiger partial charge >= 0.3 is 0 Å². The van der Waals surface area contributed by atoms with Crippen molar-refractivity contribution in [1.82, 2.24) is 4.90 Å². The predicted molar refractivity (Wildman–Crippen MR) is 124 cm³/mol. The number of nitro benzene ring substituents is 1. The Labute approximate surface area is 193 Å². The third-order valence-electron chi connectivity index (χ3n) is 5.08. The molecule has 0 radical (unpaired) electrons. The van der Waals surface area contributed by atoms with E-state index in [1.165, 1.54) is 12.1 Å². The van der Waals surface area contributed by atoms with Gasteiger partial charge in [0, 0.05) is 24.8 Å². The summed E-state index contributed by atoms with van der Waals surface area (Å²) in [5.41, 5.74) is 1.36. The number of rotatable bonds is 6. The normalized spacial score (nSPS) is 17.5. The average molecular weight is 468 g/mol. The van der Waals surface area contributed by atoms with E-state index in [1.54, 1.807) is 42.5 Å². The zero-order valence-electron chi connectivity index (χ0n) is 17.4. The molecule has 170 valence electrons. The lowest BCUT2D eigenvalue weighted by Gasteiger charge is -2.28. The van der Waals surface area contributed by atoms with E-state index in [0.717, 1.165) is 4.90 Å². The van der Waals surface area contributed by atoms with Gasteiger partial charge in [-0.15, -0.1) is 0 Å². The Morgan fingerprint density at radius 3 is 2.58 bits per heavy atom. The highest BCUT2D eigenvalue weighted by Gasteiger charge is 2.36. The molecule has 0 saturated carbocycles.